The molecule has 1 aromatic rings. The van der Waals surface area contributed by atoms with Crippen molar-refractivity contribution in [2.45, 2.75) is 45.1 Å². The first-order chi connectivity index (χ1) is 12.3. The molecule has 2 heteroatoms. The van der Waals surface area contributed by atoms with Crippen LogP contribution in [0.3, 0.4) is 0 Å². The number of piperidine rings is 1. The molecule has 1 heterocycles. The third-order valence-electron chi connectivity index (χ3n) is 5.59. The van der Waals surface area contributed by atoms with Gasteiger partial charge < -0.3 is 9.80 Å². The van der Waals surface area contributed by atoms with Crippen molar-refractivity contribution in [1.82, 2.24) is 4.90 Å². The number of para-hydroxylation sites is 1. The fourth-order valence-corrected chi connectivity index (χ4v) is 4.01. The normalized spacial score (nSPS) is 21.4. The predicted molar refractivity (Wildman–Crippen MR) is 109 cm³/mol. The van der Waals surface area contributed by atoms with E-state index in [1.54, 1.807) is 0 Å². The van der Waals surface area contributed by atoms with Gasteiger partial charge in [-0.1, -0.05) is 56.0 Å². The number of likely N-dealkylation sites (tertiary alicyclic amines) is 1. The van der Waals surface area contributed by atoms with Crippen molar-refractivity contribution >= 4 is 5.69 Å². The van der Waals surface area contributed by atoms with Gasteiger partial charge in [0.2, 0.25) is 0 Å². The SMILES string of the molecule is C=C(CC)N(c1ccccc1)C1CCN(CCC2C=CC=CC2)CC1. The fraction of sp³-hybridized carbons (Fsp3) is 0.478. The van der Waals surface area contributed by atoms with Gasteiger partial charge in [-0.05, 0) is 56.7 Å². The molecule has 1 aliphatic carbocycles. The Hall–Kier alpha value is -1.80. The molecule has 3 rings (SSSR count). The Morgan fingerprint density at radius 3 is 2.56 bits per heavy atom. The van der Waals surface area contributed by atoms with E-state index < -0.39 is 0 Å². The van der Waals surface area contributed by atoms with Crippen molar-refractivity contribution < 1.29 is 0 Å². The highest BCUT2D eigenvalue weighted by Gasteiger charge is 2.26. The number of hydrogen-bond acceptors (Lipinski definition) is 2. The van der Waals surface area contributed by atoms with E-state index in [4.69, 9.17) is 0 Å². The first-order valence-corrected chi connectivity index (χ1v) is 9.85. The molecule has 0 aromatic heterocycles. The van der Waals surface area contributed by atoms with E-state index in [0.29, 0.717) is 6.04 Å². The molecule has 0 spiro atoms. The topological polar surface area (TPSA) is 6.48 Å². The molecule has 1 fully saturated rings. The second-order valence-electron chi connectivity index (χ2n) is 7.30. The molecule has 25 heavy (non-hydrogen) atoms. The van der Waals surface area contributed by atoms with Crippen LogP contribution in [0, 0.1) is 5.92 Å². The van der Waals surface area contributed by atoms with Crippen molar-refractivity contribution in [2.75, 3.05) is 24.5 Å². The fourth-order valence-electron chi connectivity index (χ4n) is 4.01. The van der Waals surface area contributed by atoms with Gasteiger partial charge in [0, 0.05) is 30.5 Å². The summed E-state index contributed by atoms with van der Waals surface area (Å²) in [6.45, 7) is 10.2. The summed E-state index contributed by atoms with van der Waals surface area (Å²) >= 11 is 0. The van der Waals surface area contributed by atoms with Crippen LogP contribution in [0.25, 0.3) is 0 Å². The number of hydrogen-bond donors (Lipinski definition) is 0. The zero-order valence-corrected chi connectivity index (χ0v) is 15.6. The van der Waals surface area contributed by atoms with Crippen molar-refractivity contribution in [3.8, 4) is 0 Å². The van der Waals surface area contributed by atoms with Crippen LogP contribution in [0.5, 0.6) is 0 Å². The van der Waals surface area contributed by atoms with Gasteiger partial charge in [0.15, 0.2) is 0 Å². The maximum absolute atomic E-state index is 4.34. The lowest BCUT2D eigenvalue weighted by Crippen LogP contribution is -2.45. The second kappa shape index (κ2) is 9.05. The average molecular weight is 337 g/mol. The summed E-state index contributed by atoms with van der Waals surface area (Å²) in [4.78, 5) is 5.15. The van der Waals surface area contributed by atoms with E-state index in [0.717, 1.165) is 12.3 Å². The molecule has 1 unspecified atom stereocenters. The maximum atomic E-state index is 4.34. The summed E-state index contributed by atoms with van der Waals surface area (Å²) in [6, 6.07) is 11.4. The molecule has 134 valence electrons. The Labute approximate surface area is 153 Å². The molecule has 1 saturated heterocycles. The molecule has 0 saturated carbocycles. The minimum atomic E-state index is 0.587. The molecule has 0 bridgehead atoms. The quantitative estimate of drug-likeness (QED) is 0.657. The number of nitrogens with zero attached hydrogens (tertiary/aromatic N) is 2. The lowest BCUT2D eigenvalue weighted by atomic mass is 9.96. The summed E-state index contributed by atoms with van der Waals surface area (Å²) < 4.78 is 0. The first-order valence-electron chi connectivity index (χ1n) is 9.85. The number of rotatable bonds is 7. The predicted octanol–water partition coefficient (Wildman–Crippen LogP) is 5.40. The summed E-state index contributed by atoms with van der Waals surface area (Å²) in [5, 5.41) is 0. The molecule has 2 nitrogen and oxygen atoms in total. The van der Waals surface area contributed by atoms with Gasteiger partial charge in [0.1, 0.15) is 0 Å². The zero-order chi connectivity index (χ0) is 17.5. The molecule has 1 aliphatic heterocycles. The summed E-state index contributed by atoms with van der Waals surface area (Å²) in [6.07, 6.45) is 15.0. The van der Waals surface area contributed by atoms with E-state index in [1.165, 1.54) is 56.7 Å². The van der Waals surface area contributed by atoms with E-state index >= 15 is 0 Å². The lowest BCUT2D eigenvalue weighted by Gasteiger charge is -2.40. The van der Waals surface area contributed by atoms with Crippen LogP contribution in [-0.4, -0.2) is 30.6 Å². The van der Waals surface area contributed by atoms with Crippen LogP contribution >= 0.6 is 0 Å². The van der Waals surface area contributed by atoms with Crippen LogP contribution in [-0.2, 0) is 0 Å². The van der Waals surface area contributed by atoms with Crippen LogP contribution in [0.4, 0.5) is 5.69 Å². The van der Waals surface area contributed by atoms with E-state index in [-0.39, 0.29) is 0 Å². The molecule has 2 aliphatic rings. The minimum Gasteiger partial charge on any atom is -0.343 e. The van der Waals surface area contributed by atoms with Gasteiger partial charge in [0.25, 0.3) is 0 Å². The highest BCUT2D eigenvalue weighted by atomic mass is 15.2. The lowest BCUT2D eigenvalue weighted by molar-refractivity contribution is 0.202. The third kappa shape index (κ3) is 4.85. The molecular weight excluding hydrogens is 304 g/mol. The molecule has 1 atom stereocenters. The highest BCUT2D eigenvalue weighted by Crippen LogP contribution is 2.28. The molecular formula is C23H32N2. The van der Waals surface area contributed by atoms with Crippen molar-refractivity contribution in [3.63, 3.8) is 0 Å². The first kappa shape index (κ1) is 18.0. The van der Waals surface area contributed by atoms with Crippen molar-refractivity contribution in [1.29, 1.82) is 0 Å². The number of benzene rings is 1. The Bertz CT molecular complexity index is 594. The molecule has 0 radical (unpaired) electrons. The second-order valence-corrected chi connectivity index (χ2v) is 7.30. The smallest absolute Gasteiger partial charge is 0.0410 e. The van der Waals surface area contributed by atoms with Crippen LogP contribution < -0.4 is 4.90 Å². The molecule has 0 amide bonds. The van der Waals surface area contributed by atoms with E-state index in [1.807, 2.05) is 0 Å². The number of anilines is 1. The third-order valence-corrected chi connectivity index (χ3v) is 5.59. The maximum Gasteiger partial charge on any atom is 0.0410 e. The Morgan fingerprint density at radius 2 is 1.92 bits per heavy atom. The average Bonchev–Trinajstić information content (AvgIpc) is 2.69. The Morgan fingerprint density at radius 1 is 1.16 bits per heavy atom. The summed E-state index contributed by atoms with van der Waals surface area (Å²) in [7, 11) is 0. The monoisotopic (exact) mass is 336 g/mol. The van der Waals surface area contributed by atoms with Crippen LogP contribution in [0.15, 0.2) is 66.9 Å². The molecule has 0 N–H and O–H groups in total. The van der Waals surface area contributed by atoms with Gasteiger partial charge in [-0.15, -0.1) is 0 Å². The van der Waals surface area contributed by atoms with Gasteiger partial charge in [0.05, 0.1) is 0 Å². The zero-order valence-electron chi connectivity index (χ0n) is 15.6. The van der Waals surface area contributed by atoms with E-state index in [2.05, 4.69) is 77.9 Å². The van der Waals surface area contributed by atoms with Crippen LogP contribution in [0.1, 0.15) is 39.0 Å². The summed E-state index contributed by atoms with van der Waals surface area (Å²) in [5.41, 5.74) is 2.54. The Kier molecular flexibility index (Phi) is 6.52. The largest absolute Gasteiger partial charge is 0.343 e. The van der Waals surface area contributed by atoms with Gasteiger partial charge in [-0.2, -0.15) is 0 Å². The van der Waals surface area contributed by atoms with Gasteiger partial charge >= 0.3 is 0 Å². The van der Waals surface area contributed by atoms with Gasteiger partial charge in [-0.3, -0.25) is 0 Å². The van der Waals surface area contributed by atoms with Crippen LogP contribution in [0.2, 0.25) is 0 Å². The van der Waals surface area contributed by atoms with Gasteiger partial charge in [-0.25, -0.2) is 0 Å². The van der Waals surface area contributed by atoms with Crippen molar-refractivity contribution in [3.05, 3.63) is 66.9 Å². The minimum absolute atomic E-state index is 0.587. The highest BCUT2D eigenvalue weighted by molar-refractivity contribution is 5.52. The van der Waals surface area contributed by atoms with E-state index in [9.17, 15) is 0 Å². The summed E-state index contributed by atoms with van der Waals surface area (Å²) in [5.74, 6) is 0.739. The van der Waals surface area contributed by atoms with Crippen molar-refractivity contribution in [2.24, 2.45) is 5.92 Å². The molecule has 1 aromatic carbocycles. The Balaban J connectivity index is 1.53. The standard InChI is InChI=1S/C23H32N2/c1-3-20(2)25(22-12-8-5-9-13-22)23-15-18-24(19-16-23)17-14-21-10-6-4-7-11-21/h4-10,12-13,21,23H,2-3,11,14-19H2,1H3. The number of allylic oxidation sites excluding steroid dienone is 5.